The number of oxazole rings is 1. The Hall–Kier alpha value is -1.57. The van der Waals surface area contributed by atoms with Gasteiger partial charge in [0.15, 0.2) is 5.58 Å². The van der Waals surface area contributed by atoms with Gasteiger partial charge in [-0.05, 0) is 19.1 Å². The van der Waals surface area contributed by atoms with Gasteiger partial charge >= 0.3 is 0 Å². The van der Waals surface area contributed by atoms with Crippen LogP contribution in [0.3, 0.4) is 0 Å². The summed E-state index contributed by atoms with van der Waals surface area (Å²) in [6, 6.07) is 7.68. The fraction of sp³-hybridized carbons (Fsp3) is 0.100. The zero-order valence-electron chi connectivity index (χ0n) is 6.87. The van der Waals surface area contributed by atoms with Gasteiger partial charge in [-0.15, -0.1) is 0 Å². The number of hydrogen-bond donors (Lipinski definition) is 0. The summed E-state index contributed by atoms with van der Waals surface area (Å²) in [6.45, 7) is 5.64. The molecule has 0 saturated heterocycles. The van der Waals surface area contributed by atoms with Gasteiger partial charge in [0.05, 0.1) is 0 Å². The van der Waals surface area contributed by atoms with E-state index in [4.69, 9.17) is 4.42 Å². The van der Waals surface area contributed by atoms with Crippen molar-refractivity contribution in [3.05, 3.63) is 36.7 Å². The summed E-state index contributed by atoms with van der Waals surface area (Å²) in [5.74, 6) is 0.621. The van der Waals surface area contributed by atoms with Crippen LogP contribution in [0.15, 0.2) is 35.3 Å². The predicted molar refractivity (Wildman–Crippen MR) is 48.7 cm³/mol. The van der Waals surface area contributed by atoms with Gasteiger partial charge in [-0.2, -0.15) is 0 Å². The van der Waals surface area contributed by atoms with Crippen molar-refractivity contribution in [3.8, 4) is 0 Å². The van der Waals surface area contributed by atoms with Crippen LogP contribution >= 0.6 is 0 Å². The first-order valence-electron chi connectivity index (χ1n) is 3.79. The minimum absolute atomic E-state index is 0.621. The van der Waals surface area contributed by atoms with Crippen LogP contribution in [0.5, 0.6) is 0 Å². The van der Waals surface area contributed by atoms with Crippen molar-refractivity contribution in [2.75, 3.05) is 0 Å². The largest absolute Gasteiger partial charge is 0.436 e. The molecule has 0 aliphatic rings. The van der Waals surface area contributed by atoms with Crippen molar-refractivity contribution in [2.45, 2.75) is 6.92 Å². The minimum Gasteiger partial charge on any atom is -0.436 e. The third kappa shape index (κ3) is 1.01. The highest BCUT2D eigenvalue weighted by Crippen LogP contribution is 2.18. The van der Waals surface area contributed by atoms with Crippen molar-refractivity contribution >= 4 is 16.7 Å². The zero-order valence-corrected chi connectivity index (χ0v) is 6.87. The molecular formula is C10H9NO. The van der Waals surface area contributed by atoms with Gasteiger partial charge in [0, 0.05) is 5.57 Å². The number of rotatable bonds is 1. The van der Waals surface area contributed by atoms with Crippen molar-refractivity contribution in [1.82, 2.24) is 4.98 Å². The lowest BCUT2D eigenvalue weighted by molar-refractivity contribution is 0.584. The summed E-state index contributed by atoms with van der Waals surface area (Å²) in [5, 5.41) is 0. The fourth-order valence-corrected chi connectivity index (χ4v) is 1.05. The van der Waals surface area contributed by atoms with Gasteiger partial charge in [-0.3, -0.25) is 0 Å². The molecule has 1 aromatic carbocycles. The molecule has 0 bridgehead atoms. The van der Waals surface area contributed by atoms with Crippen molar-refractivity contribution in [2.24, 2.45) is 0 Å². The quantitative estimate of drug-likeness (QED) is 0.639. The van der Waals surface area contributed by atoms with E-state index in [9.17, 15) is 0 Å². The standard InChI is InChI=1S/C10H9NO/c1-7(2)10-11-8-5-3-4-6-9(8)12-10/h3-6H,1H2,2H3. The number of fused-ring (bicyclic) bond motifs is 1. The third-order valence-corrected chi connectivity index (χ3v) is 1.66. The van der Waals surface area contributed by atoms with Crippen molar-refractivity contribution in [1.29, 1.82) is 0 Å². The SMILES string of the molecule is C=C(C)c1nc2ccccc2o1. The van der Waals surface area contributed by atoms with Crippen molar-refractivity contribution in [3.63, 3.8) is 0 Å². The lowest BCUT2D eigenvalue weighted by atomic mass is 10.3. The average Bonchev–Trinajstić information content (AvgIpc) is 2.46. The zero-order chi connectivity index (χ0) is 8.55. The third-order valence-electron chi connectivity index (χ3n) is 1.66. The molecule has 0 N–H and O–H groups in total. The number of benzene rings is 1. The Bertz CT molecular complexity index is 395. The molecule has 0 aliphatic carbocycles. The Morgan fingerprint density at radius 1 is 1.42 bits per heavy atom. The van der Waals surface area contributed by atoms with Crippen LogP contribution in [0, 0.1) is 0 Å². The Morgan fingerprint density at radius 2 is 2.17 bits per heavy atom. The monoisotopic (exact) mass is 159 g/mol. The lowest BCUT2D eigenvalue weighted by Gasteiger charge is -1.85. The van der Waals surface area contributed by atoms with E-state index >= 15 is 0 Å². The van der Waals surface area contributed by atoms with Gasteiger partial charge in [0.25, 0.3) is 0 Å². The molecule has 2 aromatic rings. The highest BCUT2D eigenvalue weighted by Gasteiger charge is 2.03. The van der Waals surface area contributed by atoms with E-state index in [0.717, 1.165) is 16.7 Å². The molecule has 0 radical (unpaired) electrons. The number of para-hydroxylation sites is 2. The molecule has 0 fully saturated rings. The molecule has 0 atom stereocenters. The molecule has 12 heavy (non-hydrogen) atoms. The van der Waals surface area contributed by atoms with E-state index in [1.54, 1.807) is 0 Å². The summed E-state index contributed by atoms with van der Waals surface area (Å²) in [4.78, 5) is 4.25. The van der Waals surface area contributed by atoms with Gasteiger partial charge in [-0.25, -0.2) is 4.98 Å². The number of hydrogen-bond acceptors (Lipinski definition) is 2. The molecule has 0 saturated carbocycles. The second-order valence-electron chi connectivity index (χ2n) is 2.77. The number of nitrogens with zero attached hydrogens (tertiary/aromatic N) is 1. The second-order valence-corrected chi connectivity index (χ2v) is 2.77. The second kappa shape index (κ2) is 2.48. The van der Waals surface area contributed by atoms with Gasteiger partial charge in [-0.1, -0.05) is 18.7 Å². The van der Waals surface area contributed by atoms with E-state index < -0.39 is 0 Å². The molecule has 1 aromatic heterocycles. The first kappa shape index (κ1) is 7.10. The molecule has 0 unspecified atom stereocenters. The molecule has 2 heteroatoms. The highest BCUT2D eigenvalue weighted by molar-refractivity contribution is 5.74. The van der Waals surface area contributed by atoms with E-state index in [-0.39, 0.29) is 0 Å². The van der Waals surface area contributed by atoms with E-state index in [1.807, 2.05) is 31.2 Å². The van der Waals surface area contributed by atoms with Crippen LogP contribution < -0.4 is 0 Å². The van der Waals surface area contributed by atoms with Crippen LogP contribution in [0.2, 0.25) is 0 Å². The Balaban J connectivity index is 2.70. The van der Waals surface area contributed by atoms with E-state index in [1.165, 1.54) is 0 Å². The first-order valence-corrected chi connectivity index (χ1v) is 3.79. The molecule has 2 nitrogen and oxygen atoms in total. The first-order chi connectivity index (χ1) is 5.77. The molecule has 1 heterocycles. The predicted octanol–water partition coefficient (Wildman–Crippen LogP) is 2.86. The number of aromatic nitrogens is 1. The van der Waals surface area contributed by atoms with Crippen molar-refractivity contribution < 1.29 is 4.42 Å². The van der Waals surface area contributed by atoms with Gasteiger partial charge < -0.3 is 4.42 Å². The normalized spacial score (nSPS) is 10.4. The molecule has 0 amide bonds. The lowest BCUT2D eigenvalue weighted by Crippen LogP contribution is -1.73. The minimum atomic E-state index is 0.621. The summed E-state index contributed by atoms with van der Waals surface area (Å²) in [7, 11) is 0. The van der Waals surface area contributed by atoms with Gasteiger partial charge in [0.1, 0.15) is 5.52 Å². The average molecular weight is 159 g/mol. The van der Waals surface area contributed by atoms with Crippen LogP contribution in [-0.2, 0) is 0 Å². The molecular weight excluding hydrogens is 150 g/mol. The van der Waals surface area contributed by atoms with Crippen LogP contribution in [0.25, 0.3) is 16.7 Å². The highest BCUT2D eigenvalue weighted by atomic mass is 16.3. The topological polar surface area (TPSA) is 26.0 Å². The summed E-state index contributed by atoms with van der Waals surface area (Å²) in [5.41, 5.74) is 2.55. The Labute approximate surface area is 70.5 Å². The molecule has 0 aliphatic heterocycles. The maximum atomic E-state index is 5.42. The Kier molecular flexibility index (Phi) is 1.47. The van der Waals surface area contributed by atoms with Crippen LogP contribution in [-0.4, -0.2) is 4.98 Å². The molecule has 2 rings (SSSR count). The molecule has 60 valence electrons. The summed E-state index contributed by atoms with van der Waals surface area (Å²) < 4.78 is 5.42. The fourth-order valence-electron chi connectivity index (χ4n) is 1.05. The molecule has 0 spiro atoms. The smallest absolute Gasteiger partial charge is 0.222 e. The van der Waals surface area contributed by atoms with Crippen LogP contribution in [0.4, 0.5) is 0 Å². The summed E-state index contributed by atoms with van der Waals surface area (Å²) >= 11 is 0. The summed E-state index contributed by atoms with van der Waals surface area (Å²) in [6.07, 6.45) is 0. The number of allylic oxidation sites excluding steroid dienone is 1. The van der Waals surface area contributed by atoms with E-state index in [0.29, 0.717) is 5.89 Å². The van der Waals surface area contributed by atoms with E-state index in [2.05, 4.69) is 11.6 Å². The maximum absolute atomic E-state index is 5.42. The van der Waals surface area contributed by atoms with Crippen LogP contribution in [0.1, 0.15) is 12.8 Å². The Morgan fingerprint density at radius 3 is 2.83 bits per heavy atom. The maximum Gasteiger partial charge on any atom is 0.222 e. The van der Waals surface area contributed by atoms with Gasteiger partial charge in [0.2, 0.25) is 5.89 Å².